The summed E-state index contributed by atoms with van der Waals surface area (Å²) in [7, 11) is 0. The summed E-state index contributed by atoms with van der Waals surface area (Å²) in [6, 6.07) is 8.73. The number of nitro groups is 1. The van der Waals surface area contributed by atoms with Crippen LogP contribution >= 0.6 is 0 Å². The Bertz CT molecular complexity index is 554. The number of hydrogen-bond acceptors (Lipinski definition) is 4. The minimum Gasteiger partial charge on any atom is -0.310 e. The van der Waals surface area contributed by atoms with Crippen molar-refractivity contribution >= 4 is 5.69 Å². The molecule has 0 saturated carbocycles. The molecule has 0 aliphatic carbocycles. The average Bonchev–Trinajstić information content (AvgIpc) is 2.96. The fourth-order valence-corrected chi connectivity index (χ4v) is 2.02. The first kappa shape index (κ1) is 14.2. The minimum atomic E-state index is -0.367. The van der Waals surface area contributed by atoms with E-state index in [4.69, 9.17) is 0 Å². The van der Waals surface area contributed by atoms with Crippen LogP contribution in [0.2, 0.25) is 0 Å². The Balaban J connectivity index is 1.80. The van der Waals surface area contributed by atoms with Crippen molar-refractivity contribution in [2.24, 2.45) is 0 Å². The maximum absolute atomic E-state index is 10.7. The van der Waals surface area contributed by atoms with Crippen LogP contribution < -0.4 is 5.32 Å². The van der Waals surface area contributed by atoms with Crippen LogP contribution in [0.1, 0.15) is 24.9 Å². The molecule has 20 heavy (non-hydrogen) atoms. The van der Waals surface area contributed by atoms with Crippen molar-refractivity contribution in [3.05, 3.63) is 58.4 Å². The van der Waals surface area contributed by atoms with E-state index < -0.39 is 0 Å². The number of benzene rings is 1. The van der Waals surface area contributed by atoms with Gasteiger partial charge in [0, 0.05) is 37.1 Å². The van der Waals surface area contributed by atoms with Crippen LogP contribution in [-0.4, -0.2) is 21.2 Å². The van der Waals surface area contributed by atoms with Gasteiger partial charge in [-0.1, -0.05) is 12.1 Å². The van der Waals surface area contributed by atoms with Crippen LogP contribution in [0.3, 0.4) is 0 Å². The van der Waals surface area contributed by atoms with Crippen LogP contribution in [0.25, 0.3) is 0 Å². The summed E-state index contributed by atoms with van der Waals surface area (Å²) in [5, 5.41) is 18.2. The monoisotopic (exact) mass is 274 g/mol. The fourth-order valence-electron chi connectivity index (χ4n) is 2.02. The number of non-ortho nitro benzene ring substituents is 1. The molecule has 0 saturated heterocycles. The molecule has 0 aliphatic rings. The molecule has 1 N–H and O–H groups in total. The molecule has 2 rings (SSSR count). The first-order valence-electron chi connectivity index (χ1n) is 6.62. The van der Waals surface area contributed by atoms with Crippen LogP contribution in [-0.2, 0) is 6.54 Å². The number of nitro benzene ring substituents is 1. The molecular weight excluding hydrogens is 256 g/mol. The highest BCUT2D eigenvalue weighted by molar-refractivity contribution is 5.35. The standard InChI is InChI=1S/C14H18N4O2/c1-12(13-5-2-6-14(11-13)18(19)20)15-7-3-9-17-10-4-8-16-17/h2,4-6,8,10-12,15H,3,7,9H2,1H3. The number of hydrogen-bond donors (Lipinski definition) is 1. The Morgan fingerprint density at radius 1 is 1.45 bits per heavy atom. The zero-order valence-electron chi connectivity index (χ0n) is 11.4. The van der Waals surface area contributed by atoms with Gasteiger partial charge in [-0.25, -0.2) is 0 Å². The van der Waals surface area contributed by atoms with Gasteiger partial charge in [-0.15, -0.1) is 0 Å². The second-order valence-electron chi connectivity index (χ2n) is 4.65. The zero-order valence-corrected chi connectivity index (χ0v) is 11.4. The molecule has 106 valence electrons. The summed E-state index contributed by atoms with van der Waals surface area (Å²) in [5.41, 5.74) is 1.06. The predicted molar refractivity (Wildman–Crippen MR) is 76.4 cm³/mol. The molecule has 0 bridgehead atoms. The van der Waals surface area contributed by atoms with Crippen LogP contribution in [0, 0.1) is 10.1 Å². The van der Waals surface area contributed by atoms with Crippen molar-refractivity contribution in [2.75, 3.05) is 6.54 Å². The number of aryl methyl sites for hydroxylation is 1. The first-order valence-corrected chi connectivity index (χ1v) is 6.62. The lowest BCUT2D eigenvalue weighted by atomic mass is 10.1. The van der Waals surface area contributed by atoms with E-state index in [1.54, 1.807) is 18.3 Å². The van der Waals surface area contributed by atoms with Gasteiger partial charge < -0.3 is 5.32 Å². The maximum Gasteiger partial charge on any atom is 0.269 e. The second-order valence-corrected chi connectivity index (χ2v) is 4.65. The molecule has 1 aromatic carbocycles. The van der Waals surface area contributed by atoms with Gasteiger partial charge in [0.25, 0.3) is 5.69 Å². The lowest BCUT2D eigenvalue weighted by Gasteiger charge is -2.14. The zero-order chi connectivity index (χ0) is 14.4. The van der Waals surface area contributed by atoms with Gasteiger partial charge in [-0.05, 0) is 31.5 Å². The predicted octanol–water partition coefficient (Wildman–Crippen LogP) is 2.53. The van der Waals surface area contributed by atoms with Crippen molar-refractivity contribution in [1.82, 2.24) is 15.1 Å². The first-order chi connectivity index (χ1) is 9.66. The summed E-state index contributed by atoms with van der Waals surface area (Å²) in [6.45, 7) is 3.71. The summed E-state index contributed by atoms with van der Waals surface area (Å²) in [6.07, 6.45) is 4.66. The number of nitrogens with one attached hydrogen (secondary N) is 1. The Hall–Kier alpha value is -2.21. The van der Waals surface area contributed by atoms with E-state index in [1.807, 2.05) is 29.9 Å². The van der Waals surface area contributed by atoms with Gasteiger partial charge in [-0.2, -0.15) is 5.10 Å². The fraction of sp³-hybridized carbons (Fsp3) is 0.357. The van der Waals surface area contributed by atoms with Crippen molar-refractivity contribution < 1.29 is 4.92 Å². The second kappa shape index (κ2) is 6.81. The topological polar surface area (TPSA) is 73.0 Å². The molecule has 1 heterocycles. The highest BCUT2D eigenvalue weighted by atomic mass is 16.6. The van der Waals surface area contributed by atoms with Crippen molar-refractivity contribution in [3.63, 3.8) is 0 Å². The van der Waals surface area contributed by atoms with E-state index in [0.29, 0.717) is 0 Å². The third-order valence-electron chi connectivity index (χ3n) is 3.15. The molecule has 6 nitrogen and oxygen atoms in total. The van der Waals surface area contributed by atoms with Crippen LogP contribution in [0.4, 0.5) is 5.69 Å². The normalized spacial score (nSPS) is 12.2. The number of aromatic nitrogens is 2. The van der Waals surface area contributed by atoms with E-state index in [2.05, 4.69) is 10.4 Å². The molecule has 0 spiro atoms. The Morgan fingerprint density at radius 3 is 3.00 bits per heavy atom. The van der Waals surface area contributed by atoms with Gasteiger partial charge in [0.15, 0.2) is 0 Å². The van der Waals surface area contributed by atoms with Gasteiger partial charge in [0.2, 0.25) is 0 Å². The largest absolute Gasteiger partial charge is 0.310 e. The highest BCUT2D eigenvalue weighted by Gasteiger charge is 2.10. The van der Waals surface area contributed by atoms with Crippen molar-refractivity contribution in [2.45, 2.75) is 25.9 Å². The Morgan fingerprint density at radius 2 is 2.30 bits per heavy atom. The number of nitrogens with zero attached hydrogens (tertiary/aromatic N) is 3. The molecule has 6 heteroatoms. The van der Waals surface area contributed by atoms with Crippen LogP contribution in [0.5, 0.6) is 0 Å². The molecule has 1 atom stereocenters. The molecule has 0 fully saturated rings. The number of rotatable bonds is 7. The van der Waals surface area contributed by atoms with Gasteiger partial charge in [0.1, 0.15) is 0 Å². The highest BCUT2D eigenvalue weighted by Crippen LogP contribution is 2.18. The van der Waals surface area contributed by atoms with E-state index in [0.717, 1.165) is 25.1 Å². The molecule has 0 amide bonds. The van der Waals surface area contributed by atoms with E-state index in [-0.39, 0.29) is 16.7 Å². The summed E-state index contributed by atoms with van der Waals surface area (Å²) in [5.74, 6) is 0. The van der Waals surface area contributed by atoms with Crippen LogP contribution in [0.15, 0.2) is 42.7 Å². The maximum atomic E-state index is 10.7. The molecule has 2 aromatic rings. The van der Waals surface area contributed by atoms with Gasteiger partial charge in [0.05, 0.1) is 4.92 Å². The Labute approximate surface area is 117 Å². The third kappa shape index (κ3) is 3.89. The van der Waals surface area contributed by atoms with E-state index >= 15 is 0 Å². The summed E-state index contributed by atoms with van der Waals surface area (Å²) in [4.78, 5) is 10.4. The van der Waals surface area contributed by atoms with E-state index in [9.17, 15) is 10.1 Å². The quantitative estimate of drug-likeness (QED) is 0.478. The minimum absolute atomic E-state index is 0.0903. The molecule has 0 radical (unpaired) electrons. The third-order valence-corrected chi connectivity index (χ3v) is 3.15. The van der Waals surface area contributed by atoms with E-state index in [1.165, 1.54) is 6.07 Å². The lowest BCUT2D eigenvalue weighted by Crippen LogP contribution is -2.21. The SMILES string of the molecule is CC(NCCCn1cccn1)c1cccc([N+](=O)[O-])c1. The molecular formula is C14H18N4O2. The summed E-state index contributed by atoms with van der Waals surface area (Å²) < 4.78 is 1.89. The van der Waals surface area contributed by atoms with Gasteiger partial charge >= 0.3 is 0 Å². The van der Waals surface area contributed by atoms with Crippen molar-refractivity contribution in [3.8, 4) is 0 Å². The summed E-state index contributed by atoms with van der Waals surface area (Å²) >= 11 is 0. The van der Waals surface area contributed by atoms with Crippen molar-refractivity contribution in [1.29, 1.82) is 0 Å². The molecule has 1 unspecified atom stereocenters. The Kier molecular flexibility index (Phi) is 4.84. The smallest absolute Gasteiger partial charge is 0.269 e. The molecule has 0 aliphatic heterocycles. The average molecular weight is 274 g/mol. The van der Waals surface area contributed by atoms with Gasteiger partial charge in [-0.3, -0.25) is 14.8 Å². The molecule has 1 aromatic heterocycles. The lowest BCUT2D eigenvalue weighted by molar-refractivity contribution is -0.384.